The number of aliphatic carboxylic acids is 1. The zero-order valence-electron chi connectivity index (χ0n) is 42.7. The van der Waals surface area contributed by atoms with E-state index in [0.29, 0.717) is 16.3 Å². The van der Waals surface area contributed by atoms with Crippen LogP contribution in [0.1, 0.15) is 124 Å². The molecule has 0 aromatic heterocycles. The number of cyclic esters (lactones) is 1. The van der Waals surface area contributed by atoms with E-state index in [1.807, 2.05) is 52.0 Å². The molecule has 390 valence electrons. The van der Waals surface area contributed by atoms with Gasteiger partial charge >= 0.3 is 11.9 Å². The highest BCUT2D eigenvalue weighted by Gasteiger charge is 2.48. The normalized spacial score (nSPS) is 23.6. The summed E-state index contributed by atoms with van der Waals surface area (Å²) in [5.74, 6) is -4.89. The highest BCUT2D eigenvalue weighted by molar-refractivity contribution is 6.32. The number of carboxylic acids is 1. The van der Waals surface area contributed by atoms with Crippen LogP contribution in [0.2, 0.25) is 5.02 Å². The van der Waals surface area contributed by atoms with Crippen molar-refractivity contribution in [2.24, 2.45) is 22.7 Å². The zero-order valence-corrected chi connectivity index (χ0v) is 43.5. The molecule has 2 aliphatic rings. The first-order valence-corrected chi connectivity index (χ1v) is 24.5. The van der Waals surface area contributed by atoms with Crippen molar-refractivity contribution in [1.82, 2.24) is 31.9 Å². The molecule has 9 atom stereocenters. The number of methoxy groups -OCH3 is 1. The fraction of sp³-hybridized carbons (Fsp3) is 0.577. The van der Waals surface area contributed by atoms with E-state index < -0.39 is 100 Å². The van der Waals surface area contributed by atoms with Gasteiger partial charge < -0.3 is 51.2 Å². The quantitative estimate of drug-likeness (QED) is 0.0770. The third-order valence-electron chi connectivity index (χ3n) is 12.8. The first-order chi connectivity index (χ1) is 33.2. The van der Waals surface area contributed by atoms with Gasteiger partial charge in [-0.3, -0.25) is 33.6 Å². The Hall–Kier alpha value is -6.01. The highest BCUT2D eigenvalue weighted by Crippen LogP contribution is 2.45. The maximum Gasteiger partial charge on any atom is 0.328 e. The molecular weight excluding hydrogens is 936 g/mol. The van der Waals surface area contributed by atoms with Gasteiger partial charge in [-0.1, -0.05) is 89.6 Å². The molecule has 1 fully saturated rings. The topological polar surface area (TPSA) is 260 Å². The fourth-order valence-electron chi connectivity index (χ4n) is 7.97. The Morgan fingerprint density at radius 3 is 2.17 bits per heavy atom. The smallest absolute Gasteiger partial charge is 0.328 e. The van der Waals surface area contributed by atoms with Crippen molar-refractivity contribution in [2.75, 3.05) is 7.11 Å². The number of hydrogen-bond donors (Lipinski definition) is 7. The Morgan fingerprint density at radius 2 is 1.56 bits per heavy atom. The molecule has 2 aromatic rings. The summed E-state index contributed by atoms with van der Waals surface area (Å²) in [4.78, 5) is 105. The van der Waals surface area contributed by atoms with Crippen LogP contribution >= 0.6 is 11.6 Å². The molecule has 2 heterocycles. The number of esters is 1. The van der Waals surface area contributed by atoms with E-state index in [-0.39, 0.29) is 63.2 Å². The van der Waals surface area contributed by atoms with Crippen LogP contribution in [0.25, 0.3) is 0 Å². The number of halogens is 1. The van der Waals surface area contributed by atoms with Gasteiger partial charge in [0.2, 0.25) is 35.4 Å². The lowest BCUT2D eigenvalue weighted by Gasteiger charge is -2.35. The van der Waals surface area contributed by atoms with Crippen molar-refractivity contribution < 1.29 is 57.7 Å². The largest absolute Gasteiger partial charge is 0.495 e. The molecule has 4 rings (SSSR count). The van der Waals surface area contributed by atoms with Gasteiger partial charge in [-0.2, -0.15) is 0 Å². The van der Waals surface area contributed by atoms with Crippen LogP contribution in [0, 0.1) is 22.7 Å². The predicted molar refractivity (Wildman–Crippen MR) is 266 cm³/mol. The lowest BCUT2D eigenvalue weighted by Crippen LogP contribution is -2.58. The lowest BCUT2D eigenvalue weighted by molar-refractivity contribution is -0.157. The molecule has 1 unspecified atom stereocenters. The minimum Gasteiger partial charge on any atom is -0.495 e. The third-order valence-corrected chi connectivity index (χ3v) is 13.1. The van der Waals surface area contributed by atoms with Crippen molar-refractivity contribution in [3.63, 3.8) is 0 Å². The van der Waals surface area contributed by atoms with Gasteiger partial charge in [0, 0.05) is 44.2 Å². The molecule has 18 nitrogen and oxygen atoms in total. The van der Waals surface area contributed by atoms with Crippen LogP contribution in [0.4, 0.5) is 0 Å². The summed E-state index contributed by atoms with van der Waals surface area (Å²) in [6.07, 6.45) is 1.69. The van der Waals surface area contributed by atoms with E-state index in [0.717, 1.165) is 11.1 Å². The summed E-state index contributed by atoms with van der Waals surface area (Å²) in [7, 11) is 1.49. The Morgan fingerprint density at radius 1 is 0.901 bits per heavy atom. The van der Waals surface area contributed by atoms with Crippen molar-refractivity contribution in [3.8, 4) is 5.75 Å². The summed E-state index contributed by atoms with van der Waals surface area (Å²) in [6.45, 7) is 17.9. The number of rotatable bonds is 18. The third kappa shape index (κ3) is 17.4. The van der Waals surface area contributed by atoms with Crippen LogP contribution in [-0.2, 0) is 60.8 Å². The molecule has 19 heteroatoms. The van der Waals surface area contributed by atoms with Gasteiger partial charge in [-0.05, 0) is 86.8 Å². The standard InChI is InChI=1S/C52H73ClN6O12/c1-28(2)43(59-41(61)16-13-17-42(62)63)48(66)55-30(4)46(64)54-27-32-18-21-34(22-19-32)45-44(71-45)29(3)38-14-12-15-40(60)57-36(25-33-20-23-39(69-11)35(53)24-33)47(65)56-31(5)52(9,10)50(68)58-37(49(67)70-38)26-51(6,7)8/h12,15,18-24,28-31,36-38,43-45H,13-14,16-17,25-27H2,1-11H3,(H,54,64)(H,55,66)(H,56,65)(H,57,60)(H,58,68)(H,59,61)(H,62,63)/b15-12-/t29-,30-,31?,36+,37-,38-,43-,44+,45+/m0/s1. The number of ether oxygens (including phenoxy) is 3. The molecule has 7 N–H and O–H groups in total. The van der Waals surface area contributed by atoms with Crippen LogP contribution in [-0.4, -0.2) is 102 Å². The number of epoxide rings is 1. The number of carboxylic acid groups (broad SMARTS) is 1. The van der Waals surface area contributed by atoms with Crippen molar-refractivity contribution in [1.29, 1.82) is 0 Å². The second kappa shape index (κ2) is 25.4. The van der Waals surface area contributed by atoms with E-state index in [1.54, 1.807) is 58.9 Å². The molecular formula is C52H73ClN6O12. The van der Waals surface area contributed by atoms with E-state index >= 15 is 0 Å². The number of carbonyl (C=O) groups excluding carboxylic acids is 7. The minimum absolute atomic E-state index is 0.0483. The first kappa shape index (κ1) is 57.6. The van der Waals surface area contributed by atoms with E-state index in [1.165, 1.54) is 20.1 Å². The maximum atomic E-state index is 14.2. The maximum absolute atomic E-state index is 14.2. The molecule has 0 spiro atoms. The minimum atomic E-state index is -1.22. The molecule has 6 amide bonds. The molecule has 0 bridgehead atoms. The van der Waals surface area contributed by atoms with Crippen molar-refractivity contribution in [2.45, 2.75) is 163 Å². The SMILES string of the molecule is COc1ccc(C[C@H]2NC(=O)/C=C\C[C@@H]([C@H](C)[C@H]3O[C@@H]3c3ccc(CNC(=O)[C@H](C)NC(=O)[C@@H](NC(=O)CCCC(=O)O)C(C)C)cc3)OC(=O)[C@H](CC(C)(C)C)NC(=O)C(C)(C)C(C)NC2=O)cc1Cl. The molecule has 2 aliphatic heterocycles. The van der Waals surface area contributed by atoms with E-state index in [9.17, 15) is 38.4 Å². The van der Waals surface area contributed by atoms with Crippen molar-refractivity contribution in [3.05, 3.63) is 76.3 Å². The number of amides is 6. The van der Waals surface area contributed by atoms with Gasteiger partial charge in [0.05, 0.1) is 23.7 Å². The van der Waals surface area contributed by atoms with Crippen molar-refractivity contribution >= 4 is 59.0 Å². The van der Waals surface area contributed by atoms with Gasteiger partial charge in [-0.25, -0.2) is 4.79 Å². The van der Waals surface area contributed by atoms with E-state index in [4.69, 9.17) is 30.9 Å². The summed E-state index contributed by atoms with van der Waals surface area (Å²) >= 11 is 6.40. The molecule has 0 saturated carbocycles. The van der Waals surface area contributed by atoms with Gasteiger partial charge in [0.1, 0.15) is 42.1 Å². The molecule has 1 saturated heterocycles. The number of benzene rings is 2. The second-order valence-corrected chi connectivity index (χ2v) is 21.1. The molecule has 0 aliphatic carbocycles. The van der Waals surface area contributed by atoms with Gasteiger partial charge in [0.25, 0.3) is 0 Å². The Labute approximate surface area is 421 Å². The number of hydrogen-bond acceptors (Lipinski definition) is 11. The number of carbonyl (C=O) groups is 8. The summed E-state index contributed by atoms with van der Waals surface area (Å²) in [6, 6.07) is 7.82. The average molecular weight is 1010 g/mol. The Balaban J connectivity index is 1.47. The molecule has 71 heavy (non-hydrogen) atoms. The summed E-state index contributed by atoms with van der Waals surface area (Å²) in [5, 5.41) is 25.9. The summed E-state index contributed by atoms with van der Waals surface area (Å²) in [5.41, 5.74) is 0.651. The van der Waals surface area contributed by atoms with Crippen LogP contribution in [0.3, 0.4) is 0 Å². The lowest BCUT2D eigenvalue weighted by atomic mass is 9.82. The van der Waals surface area contributed by atoms with Crippen LogP contribution < -0.4 is 36.6 Å². The zero-order chi connectivity index (χ0) is 53.0. The monoisotopic (exact) mass is 1010 g/mol. The van der Waals surface area contributed by atoms with Crippen LogP contribution in [0.5, 0.6) is 5.75 Å². The Kier molecular flexibility index (Phi) is 20.6. The van der Waals surface area contributed by atoms with Crippen LogP contribution in [0.15, 0.2) is 54.6 Å². The van der Waals surface area contributed by atoms with E-state index in [2.05, 4.69) is 31.9 Å². The average Bonchev–Trinajstić information content (AvgIpc) is 4.09. The first-order valence-electron chi connectivity index (χ1n) is 24.2. The molecule has 0 radical (unpaired) electrons. The van der Waals surface area contributed by atoms with Gasteiger partial charge in [0.15, 0.2) is 0 Å². The predicted octanol–water partition coefficient (Wildman–Crippen LogP) is 4.99. The number of nitrogens with one attached hydrogen (secondary N) is 6. The Bertz CT molecular complexity index is 2280. The molecule has 2 aromatic carbocycles. The highest BCUT2D eigenvalue weighted by atomic mass is 35.5. The second-order valence-electron chi connectivity index (χ2n) is 20.7. The summed E-state index contributed by atoms with van der Waals surface area (Å²) < 4.78 is 17.7. The fourth-order valence-corrected chi connectivity index (χ4v) is 8.25. The van der Waals surface area contributed by atoms with Gasteiger partial charge in [-0.15, -0.1) is 0 Å².